The molecule has 0 N–H and O–H groups in total. The van der Waals surface area contributed by atoms with Crippen LogP contribution in [0.2, 0.25) is 0 Å². The predicted molar refractivity (Wildman–Crippen MR) is 115 cm³/mol. The SMILES string of the molecule is O=[C-]c1cc(C(F)(F)F)ccc1F.[CH2-]C(=O)N1CCC2(CC1)C(=O)N(C)C(=O)C2c1cccnc1.[Nb+2]. The van der Waals surface area contributed by atoms with E-state index < -0.39 is 34.5 Å². The number of pyridine rings is 1. The van der Waals surface area contributed by atoms with E-state index in [0.29, 0.717) is 44.1 Å². The number of halogens is 4. The van der Waals surface area contributed by atoms with Crippen LogP contribution in [-0.4, -0.2) is 58.9 Å². The number of alkyl halides is 3. The molecule has 12 heteroatoms. The number of likely N-dealkylation sites (tertiary alicyclic amines) is 2. The first-order chi connectivity index (χ1) is 16.4. The number of benzene rings is 1. The van der Waals surface area contributed by atoms with Gasteiger partial charge in [0.05, 0.1) is 23.5 Å². The van der Waals surface area contributed by atoms with Gasteiger partial charge in [0, 0.05) is 38.3 Å². The second kappa shape index (κ2) is 11.4. The van der Waals surface area contributed by atoms with Gasteiger partial charge in [-0.3, -0.25) is 23.9 Å². The third-order valence-electron chi connectivity index (χ3n) is 6.29. The molecule has 1 radical (unpaired) electrons. The van der Waals surface area contributed by atoms with E-state index in [2.05, 4.69) is 11.9 Å². The first kappa shape index (κ1) is 29.2. The molecule has 2 saturated heterocycles. The van der Waals surface area contributed by atoms with Crippen LogP contribution in [0.3, 0.4) is 0 Å². The van der Waals surface area contributed by atoms with Crippen molar-refractivity contribution < 1.29 is 59.1 Å². The molecular formula is C24H21F4N3NbO4. The van der Waals surface area contributed by atoms with Gasteiger partial charge in [-0.05, 0) is 30.0 Å². The summed E-state index contributed by atoms with van der Waals surface area (Å²) in [5.74, 6) is -2.10. The Morgan fingerprint density at radius 3 is 2.33 bits per heavy atom. The topological polar surface area (TPSA) is 87.7 Å². The van der Waals surface area contributed by atoms with Gasteiger partial charge in [-0.1, -0.05) is 18.2 Å². The Morgan fingerprint density at radius 1 is 1.19 bits per heavy atom. The molecule has 0 aliphatic carbocycles. The molecule has 2 aliphatic rings. The van der Waals surface area contributed by atoms with Crippen LogP contribution in [0, 0.1) is 18.2 Å². The number of rotatable bonds is 2. The van der Waals surface area contributed by atoms with Gasteiger partial charge < -0.3 is 21.4 Å². The summed E-state index contributed by atoms with van der Waals surface area (Å²) in [6, 6.07) is 5.18. The zero-order chi connectivity index (χ0) is 26.0. The van der Waals surface area contributed by atoms with Crippen LogP contribution in [0.25, 0.3) is 0 Å². The second-order valence-electron chi connectivity index (χ2n) is 8.25. The zero-order valence-electron chi connectivity index (χ0n) is 19.1. The van der Waals surface area contributed by atoms with Gasteiger partial charge in [-0.15, -0.1) is 11.6 Å². The molecule has 2 aromatic rings. The molecule has 36 heavy (non-hydrogen) atoms. The van der Waals surface area contributed by atoms with Crippen LogP contribution >= 0.6 is 0 Å². The zero-order valence-corrected chi connectivity index (χ0v) is 21.3. The summed E-state index contributed by atoms with van der Waals surface area (Å²) in [6.45, 7) is 4.32. The fourth-order valence-corrected chi connectivity index (χ4v) is 4.43. The molecule has 1 aromatic heterocycles. The predicted octanol–water partition coefficient (Wildman–Crippen LogP) is 2.91. The molecule has 4 rings (SSSR count). The summed E-state index contributed by atoms with van der Waals surface area (Å²) in [7, 11) is 1.53. The monoisotopic (exact) mass is 584 g/mol. The largest absolute Gasteiger partial charge is 2.00 e. The van der Waals surface area contributed by atoms with Crippen molar-refractivity contribution in [2.75, 3.05) is 20.1 Å². The minimum atomic E-state index is -4.57. The van der Waals surface area contributed by atoms with Gasteiger partial charge in [0.1, 0.15) is 0 Å². The average Bonchev–Trinajstić information content (AvgIpc) is 3.00. The number of amides is 3. The Kier molecular flexibility index (Phi) is 9.22. The molecule has 7 nitrogen and oxygen atoms in total. The third-order valence-corrected chi connectivity index (χ3v) is 6.29. The third kappa shape index (κ3) is 5.69. The smallest absolute Gasteiger partial charge is 0.376 e. The molecule has 1 aromatic carbocycles. The van der Waals surface area contributed by atoms with E-state index in [1.807, 2.05) is 6.07 Å². The van der Waals surface area contributed by atoms with Gasteiger partial charge in [0.15, 0.2) is 0 Å². The number of carbonyl (C=O) groups excluding carboxylic acids is 4. The fraction of sp³-hybridized carbons (Fsp3) is 0.333. The normalized spacial score (nSPS) is 18.9. The van der Waals surface area contributed by atoms with Crippen LogP contribution in [0.15, 0.2) is 42.7 Å². The van der Waals surface area contributed by atoms with E-state index in [1.165, 1.54) is 11.9 Å². The summed E-state index contributed by atoms with van der Waals surface area (Å²) in [4.78, 5) is 53.6. The van der Waals surface area contributed by atoms with E-state index in [1.54, 1.807) is 23.4 Å². The number of nitrogens with zero attached hydrogens (tertiary/aromatic N) is 3. The van der Waals surface area contributed by atoms with Gasteiger partial charge >= 0.3 is 28.6 Å². The van der Waals surface area contributed by atoms with Gasteiger partial charge in [-0.2, -0.15) is 13.2 Å². The average molecular weight is 584 g/mol. The molecule has 0 bridgehead atoms. The number of likely N-dealkylation sites (N-methyl/N-ethyl adjacent to an activating group) is 1. The molecule has 1 atom stereocenters. The van der Waals surface area contributed by atoms with Crippen molar-refractivity contribution in [3.05, 3.63) is 72.2 Å². The second-order valence-corrected chi connectivity index (χ2v) is 8.25. The molecule has 2 fully saturated rings. The molecule has 1 unspecified atom stereocenters. The van der Waals surface area contributed by atoms with E-state index in [4.69, 9.17) is 0 Å². The Labute approximate surface area is 220 Å². The Balaban J connectivity index is 0.000000281. The molecular weight excluding hydrogens is 563 g/mol. The molecule has 189 valence electrons. The van der Waals surface area contributed by atoms with E-state index in [9.17, 15) is 36.7 Å². The number of hydrogen-bond donors (Lipinski definition) is 0. The Bertz CT molecular complexity index is 1140. The van der Waals surface area contributed by atoms with Gasteiger partial charge in [-0.25, -0.2) is 0 Å². The standard InChI is InChI=1S/C16H18N3O3.C8H3F4O.Nb/c1-11(20)19-8-5-16(6-9-19)13(12-4-3-7-17-10-12)14(21)18(2)15(16)22;9-7-2-1-6(8(10,11)12)3-5(7)4-13;/h3-4,7,10,13H,1,5-6,8-9H2,2H3;1-3H;/q2*-1;+2. The summed E-state index contributed by atoms with van der Waals surface area (Å²) < 4.78 is 48.5. The molecule has 3 amide bonds. The van der Waals surface area contributed by atoms with Crippen LogP contribution in [0.5, 0.6) is 0 Å². The summed E-state index contributed by atoms with van der Waals surface area (Å²) in [6.07, 6.45) is 0.755. The van der Waals surface area contributed by atoms with Crippen molar-refractivity contribution in [3.8, 4) is 0 Å². The van der Waals surface area contributed by atoms with Crippen LogP contribution in [0.1, 0.15) is 35.4 Å². The fourth-order valence-electron chi connectivity index (χ4n) is 4.43. The molecule has 1 spiro atoms. The van der Waals surface area contributed by atoms with Gasteiger partial charge in [0.25, 0.3) is 0 Å². The molecule has 0 saturated carbocycles. The Hall–Kier alpha value is -3.02. The maximum Gasteiger partial charge on any atom is 2.00 e. The summed E-state index contributed by atoms with van der Waals surface area (Å²) in [5, 5.41) is 0. The van der Waals surface area contributed by atoms with Crippen molar-refractivity contribution >= 4 is 24.0 Å². The van der Waals surface area contributed by atoms with E-state index >= 15 is 0 Å². The van der Waals surface area contributed by atoms with Gasteiger partial charge in [0.2, 0.25) is 11.8 Å². The van der Waals surface area contributed by atoms with Crippen molar-refractivity contribution in [1.82, 2.24) is 14.8 Å². The number of aromatic nitrogens is 1. The summed E-state index contributed by atoms with van der Waals surface area (Å²) in [5.41, 5.74) is -1.78. The van der Waals surface area contributed by atoms with Crippen LogP contribution < -0.4 is 0 Å². The number of imide groups is 1. The van der Waals surface area contributed by atoms with Crippen molar-refractivity contribution in [2.24, 2.45) is 5.41 Å². The number of piperidine rings is 1. The first-order valence-corrected chi connectivity index (χ1v) is 10.5. The van der Waals surface area contributed by atoms with Crippen LogP contribution in [-0.2, 0) is 47.7 Å². The molecule has 2 aliphatic heterocycles. The number of hydrogen-bond acceptors (Lipinski definition) is 5. The number of carbonyl (C=O) groups is 3. The van der Waals surface area contributed by atoms with Crippen molar-refractivity contribution in [1.29, 1.82) is 0 Å². The maximum absolute atomic E-state index is 12.7. The minimum Gasteiger partial charge on any atom is -0.376 e. The minimum absolute atomic E-state index is 0. The summed E-state index contributed by atoms with van der Waals surface area (Å²) >= 11 is 0. The first-order valence-electron chi connectivity index (χ1n) is 10.5. The van der Waals surface area contributed by atoms with Crippen molar-refractivity contribution in [2.45, 2.75) is 24.9 Å². The van der Waals surface area contributed by atoms with E-state index in [0.717, 1.165) is 11.8 Å². The van der Waals surface area contributed by atoms with E-state index in [-0.39, 0.29) is 40.1 Å². The van der Waals surface area contributed by atoms with Crippen molar-refractivity contribution in [3.63, 3.8) is 0 Å². The quantitative estimate of drug-likeness (QED) is 0.235. The Morgan fingerprint density at radius 2 is 1.83 bits per heavy atom. The maximum atomic E-state index is 12.7. The molecule has 3 heterocycles. The van der Waals surface area contributed by atoms with Crippen LogP contribution in [0.4, 0.5) is 17.6 Å².